The highest BCUT2D eigenvalue weighted by atomic mass is 35.5. The summed E-state index contributed by atoms with van der Waals surface area (Å²) in [5.74, 6) is -1.50. The van der Waals surface area contributed by atoms with E-state index in [9.17, 15) is 9.59 Å². The molecule has 0 bridgehead atoms. The van der Waals surface area contributed by atoms with E-state index in [4.69, 9.17) is 16.3 Å². The molecule has 0 N–H and O–H groups in total. The van der Waals surface area contributed by atoms with Crippen molar-refractivity contribution in [1.29, 1.82) is 0 Å². The van der Waals surface area contributed by atoms with E-state index >= 15 is 0 Å². The number of aromatic nitrogens is 1. The number of hydrogen-bond donors (Lipinski definition) is 0. The fourth-order valence-corrected chi connectivity index (χ4v) is 3.29. The Bertz CT molecular complexity index is 781. The van der Waals surface area contributed by atoms with Gasteiger partial charge in [-0.25, -0.2) is 4.79 Å². The first kappa shape index (κ1) is 17.9. The molecule has 0 aliphatic carbocycles. The predicted molar refractivity (Wildman–Crippen MR) is 95.2 cm³/mol. The number of rotatable bonds is 6. The van der Waals surface area contributed by atoms with Crippen molar-refractivity contribution in [1.82, 2.24) is 9.47 Å². The topological polar surface area (TPSA) is 60.8 Å². The van der Waals surface area contributed by atoms with E-state index < -0.39 is 11.8 Å². The van der Waals surface area contributed by atoms with Gasteiger partial charge in [0, 0.05) is 42.8 Å². The molecule has 0 unspecified atom stereocenters. The Kier molecular flexibility index (Phi) is 5.73. The molecule has 0 saturated carbocycles. The van der Waals surface area contributed by atoms with Crippen LogP contribution >= 0.6 is 11.6 Å². The molecule has 6 nitrogen and oxygen atoms in total. The van der Waals surface area contributed by atoms with Crippen molar-refractivity contribution >= 4 is 34.3 Å². The molecule has 1 aliphatic heterocycles. The predicted octanol–water partition coefficient (Wildman–Crippen LogP) is 2.37. The van der Waals surface area contributed by atoms with Gasteiger partial charge in [-0.1, -0.05) is 17.7 Å². The van der Waals surface area contributed by atoms with Crippen molar-refractivity contribution in [3.63, 3.8) is 0 Å². The first-order valence-electron chi connectivity index (χ1n) is 8.31. The molecule has 25 heavy (non-hydrogen) atoms. The van der Waals surface area contributed by atoms with Crippen LogP contribution in [0.25, 0.3) is 10.9 Å². The number of methoxy groups -OCH3 is 1. The second-order valence-electron chi connectivity index (χ2n) is 6.03. The molecule has 3 rings (SSSR count). The lowest BCUT2D eigenvalue weighted by Gasteiger charge is -2.26. The average molecular weight is 365 g/mol. The number of carbonyl (C=O) groups excluding carboxylic acids is 2. The zero-order valence-electron chi connectivity index (χ0n) is 14.2. The third-order valence-corrected chi connectivity index (χ3v) is 4.67. The van der Waals surface area contributed by atoms with Gasteiger partial charge in [0.15, 0.2) is 0 Å². The summed E-state index contributed by atoms with van der Waals surface area (Å²) < 4.78 is 11.9. The lowest BCUT2D eigenvalue weighted by molar-refractivity contribution is -0.135. The summed E-state index contributed by atoms with van der Waals surface area (Å²) in [6.45, 7) is 5.15. The van der Waals surface area contributed by atoms with Crippen LogP contribution in [0.15, 0.2) is 24.4 Å². The highest BCUT2D eigenvalue weighted by Crippen LogP contribution is 2.26. The van der Waals surface area contributed by atoms with Gasteiger partial charge < -0.3 is 14.0 Å². The second kappa shape index (κ2) is 7.99. The molecule has 0 spiro atoms. The van der Waals surface area contributed by atoms with Crippen molar-refractivity contribution < 1.29 is 19.1 Å². The largest absolute Gasteiger partial charge is 0.463 e. The maximum absolute atomic E-state index is 12.3. The molecule has 1 fully saturated rings. The van der Waals surface area contributed by atoms with Crippen LogP contribution < -0.4 is 0 Å². The molecular weight excluding hydrogens is 344 g/mol. The summed E-state index contributed by atoms with van der Waals surface area (Å²) in [4.78, 5) is 26.3. The van der Waals surface area contributed by atoms with Gasteiger partial charge in [-0.3, -0.25) is 9.69 Å². The number of Topliss-reactive ketones (excluding diaryl/α,β-unsaturated/α-hetero) is 1. The number of fused-ring (bicyclic) bond motifs is 1. The molecule has 1 aromatic carbocycles. The maximum atomic E-state index is 12.3. The first-order valence-corrected chi connectivity index (χ1v) is 8.69. The van der Waals surface area contributed by atoms with E-state index in [-0.39, 0.29) is 0 Å². The Morgan fingerprint density at radius 3 is 2.72 bits per heavy atom. The third-order valence-electron chi connectivity index (χ3n) is 4.44. The first-order chi connectivity index (χ1) is 12.1. The number of halogens is 1. The number of aryl methyl sites for hydroxylation is 1. The summed E-state index contributed by atoms with van der Waals surface area (Å²) in [6.07, 6.45) is 2.65. The van der Waals surface area contributed by atoms with E-state index in [1.165, 1.54) is 7.11 Å². The van der Waals surface area contributed by atoms with Gasteiger partial charge in [-0.15, -0.1) is 0 Å². The molecule has 134 valence electrons. The summed E-state index contributed by atoms with van der Waals surface area (Å²) in [5, 5.41) is 1.31. The maximum Gasteiger partial charge on any atom is 0.379 e. The van der Waals surface area contributed by atoms with Gasteiger partial charge in [0.05, 0.1) is 31.4 Å². The number of hydrogen-bond acceptors (Lipinski definition) is 5. The molecular formula is C18H21ClN2O4. The van der Waals surface area contributed by atoms with E-state index in [1.807, 2.05) is 10.6 Å². The Morgan fingerprint density at radius 1 is 1.24 bits per heavy atom. The summed E-state index contributed by atoms with van der Waals surface area (Å²) in [5.41, 5.74) is 1.20. The van der Waals surface area contributed by atoms with Crippen molar-refractivity contribution in [2.75, 3.05) is 40.0 Å². The van der Waals surface area contributed by atoms with Crippen LogP contribution in [-0.2, 0) is 20.8 Å². The minimum absolute atomic E-state index is 0.352. The summed E-state index contributed by atoms with van der Waals surface area (Å²) >= 11 is 6.11. The number of ketones is 1. The monoisotopic (exact) mass is 364 g/mol. The zero-order chi connectivity index (χ0) is 17.8. The van der Waals surface area contributed by atoms with Crippen LogP contribution in [0.3, 0.4) is 0 Å². The van der Waals surface area contributed by atoms with E-state index in [0.717, 1.165) is 51.3 Å². The van der Waals surface area contributed by atoms with E-state index in [1.54, 1.807) is 18.3 Å². The standard InChI is InChI=1S/C18H21ClN2O4/c1-24-18(23)17(22)15-12-21(16-11-13(19)3-4-14(15)16)6-2-5-20-7-9-25-10-8-20/h3-4,11-12H,2,5-10H2,1H3. The SMILES string of the molecule is COC(=O)C(=O)c1cn(CCCN2CCOCC2)c2cc(Cl)ccc12. The number of nitrogens with zero attached hydrogens (tertiary/aromatic N) is 2. The van der Waals surface area contributed by atoms with Crippen LogP contribution in [0.2, 0.25) is 5.02 Å². The Morgan fingerprint density at radius 2 is 2.00 bits per heavy atom. The molecule has 2 aromatic rings. The molecule has 0 atom stereocenters. The molecule has 1 aliphatic rings. The molecule has 0 radical (unpaired) electrons. The molecule has 7 heteroatoms. The van der Waals surface area contributed by atoms with Crippen LogP contribution in [0.1, 0.15) is 16.8 Å². The lowest BCUT2D eigenvalue weighted by atomic mass is 10.1. The minimum atomic E-state index is -0.859. The van der Waals surface area contributed by atoms with Gasteiger partial charge >= 0.3 is 5.97 Å². The lowest BCUT2D eigenvalue weighted by Crippen LogP contribution is -2.37. The summed E-state index contributed by atoms with van der Waals surface area (Å²) in [7, 11) is 1.21. The van der Waals surface area contributed by atoms with Crippen LogP contribution in [0, 0.1) is 0 Å². The fraction of sp³-hybridized carbons (Fsp3) is 0.444. The third kappa shape index (κ3) is 4.03. The number of morpholine rings is 1. The molecule has 1 aromatic heterocycles. The van der Waals surface area contributed by atoms with Crippen LogP contribution in [-0.4, -0.2) is 61.2 Å². The zero-order valence-corrected chi connectivity index (χ0v) is 14.9. The Balaban J connectivity index is 1.80. The van der Waals surface area contributed by atoms with Gasteiger partial charge in [0.2, 0.25) is 0 Å². The number of carbonyl (C=O) groups is 2. The van der Waals surface area contributed by atoms with Crippen molar-refractivity contribution in [2.24, 2.45) is 0 Å². The molecule has 0 amide bonds. The number of esters is 1. The van der Waals surface area contributed by atoms with E-state index in [0.29, 0.717) is 16.0 Å². The van der Waals surface area contributed by atoms with Gasteiger partial charge in [-0.2, -0.15) is 0 Å². The van der Waals surface area contributed by atoms with E-state index in [2.05, 4.69) is 9.64 Å². The molecule has 2 heterocycles. The summed E-state index contributed by atoms with van der Waals surface area (Å²) in [6, 6.07) is 5.31. The Labute approximate surface area is 151 Å². The number of benzene rings is 1. The normalized spacial score (nSPS) is 15.4. The fourth-order valence-electron chi connectivity index (χ4n) is 3.12. The smallest absolute Gasteiger partial charge is 0.379 e. The second-order valence-corrected chi connectivity index (χ2v) is 6.46. The Hall–Kier alpha value is -1.89. The average Bonchev–Trinajstić information content (AvgIpc) is 2.99. The molecule has 1 saturated heterocycles. The van der Waals surface area contributed by atoms with Crippen LogP contribution in [0.4, 0.5) is 0 Å². The highest BCUT2D eigenvalue weighted by molar-refractivity contribution is 6.43. The quantitative estimate of drug-likeness (QED) is 0.447. The minimum Gasteiger partial charge on any atom is -0.463 e. The van der Waals surface area contributed by atoms with Crippen molar-refractivity contribution in [3.8, 4) is 0 Å². The van der Waals surface area contributed by atoms with Gasteiger partial charge in [0.25, 0.3) is 5.78 Å². The van der Waals surface area contributed by atoms with Gasteiger partial charge in [0.1, 0.15) is 0 Å². The van der Waals surface area contributed by atoms with Crippen molar-refractivity contribution in [3.05, 3.63) is 35.0 Å². The van der Waals surface area contributed by atoms with Crippen molar-refractivity contribution in [2.45, 2.75) is 13.0 Å². The highest BCUT2D eigenvalue weighted by Gasteiger charge is 2.22. The van der Waals surface area contributed by atoms with Gasteiger partial charge in [-0.05, 0) is 18.6 Å². The number of ether oxygens (including phenoxy) is 2. The van der Waals surface area contributed by atoms with Crippen LogP contribution in [0.5, 0.6) is 0 Å².